The van der Waals surface area contributed by atoms with Crippen molar-refractivity contribution < 1.29 is 13.6 Å². The third kappa shape index (κ3) is 8.13. The number of hydrogen-bond donors (Lipinski definition) is 0. The molecule has 0 fully saturated rings. The van der Waals surface area contributed by atoms with Gasteiger partial charge in [0.25, 0.3) is 0 Å². The van der Waals surface area contributed by atoms with Crippen LogP contribution in [0.25, 0.3) is 0 Å². The Bertz CT molecular complexity index is 355. The Kier molecular flexibility index (Phi) is 9.43. The Morgan fingerprint density at radius 1 is 0.708 bits per heavy atom. The maximum Gasteiger partial charge on any atom is 0.192 e. The van der Waals surface area contributed by atoms with E-state index in [9.17, 15) is 0 Å². The summed E-state index contributed by atoms with van der Waals surface area (Å²) in [6.07, 6.45) is 2.28. The van der Waals surface area contributed by atoms with Crippen molar-refractivity contribution in [3.05, 3.63) is 0 Å². The lowest BCUT2D eigenvalue weighted by molar-refractivity contribution is 0.0164. The molecule has 1 atom stereocenters. The SMILES string of the molecule is CC[C@H](CCO[Si](C)(C)C(C)(C)C)OCCO[Si](C)(C)C(C)(C)C. The maximum absolute atomic E-state index is 6.27. The summed E-state index contributed by atoms with van der Waals surface area (Å²) in [6, 6.07) is 0. The molecule has 0 aliphatic carbocycles. The Hall–Kier alpha value is 0.314. The zero-order chi connectivity index (χ0) is 19.2. The zero-order valence-corrected chi connectivity index (χ0v) is 20.3. The van der Waals surface area contributed by atoms with Crippen LogP contribution in [0.1, 0.15) is 61.3 Å². The first kappa shape index (κ1) is 24.3. The molecule has 0 heterocycles. The van der Waals surface area contributed by atoms with E-state index >= 15 is 0 Å². The smallest absolute Gasteiger partial charge is 0.192 e. The highest BCUT2D eigenvalue weighted by Crippen LogP contribution is 2.37. The largest absolute Gasteiger partial charge is 0.417 e. The highest BCUT2D eigenvalue weighted by Gasteiger charge is 2.37. The molecular weight excluding hydrogens is 332 g/mol. The fraction of sp³-hybridized carbons (Fsp3) is 1.00. The second-order valence-electron chi connectivity index (χ2n) is 9.91. The molecule has 0 aromatic carbocycles. The van der Waals surface area contributed by atoms with Gasteiger partial charge in [-0.3, -0.25) is 0 Å². The summed E-state index contributed by atoms with van der Waals surface area (Å²) in [5.74, 6) is 0. The van der Waals surface area contributed by atoms with Gasteiger partial charge in [-0.05, 0) is 49.1 Å². The fourth-order valence-corrected chi connectivity index (χ4v) is 3.88. The first-order chi connectivity index (χ1) is 10.6. The maximum atomic E-state index is 6.27. The molecule has 0 rings (SSSR count). The molecule has 24 heavy (non-hydrogen) atoms. The van der Waals surface area contributed by atoms with Crippen molar-refractivity contribution in [3.63, 3.8) is 0 Å². The van der Waals surface area contributed by atoms with Crippen LogP contribution in [-0.4, -0.2) is 42.6 Å². The molecule has 5 heteroatoms. The minimum Gasteiger partial charge on any atom is -0.417 e. The summed E-state index contributed by atoms with van der Waals surface area (Å²) in [4.78, 5) is 0. The van der Waals surface area contributed by atoms with E-state index in [0.29, 0.717) is 13.2 Å². The van der Waals surface area contributed by atoms with Crippen LogP contribution in [0.2, 0.25) is 36.3 Å². The van der Waals surface area contributed by atoms with Gasteiger partial charge in [-0.25, -0.2) is 0 Å². The van der Waals surface area contributed by atoms with Gasteiger partial charge < -0.3 is 13.6 Å². The summed E-state index contributed by atoms with van der Waals surface area (Å²) in [5, 5.41) is 0.529. The van der Waals surface area contributed by atoms with E-state index in [0.717, 1.165) is 19.4 Å². The molecule has 0 amide bonds. The number of ether oxygens (including phenoxy) is 1. The fourth-order valence-electron chi connectivity index (χ4n) is 1.80. The third-order valence-corrected chi connectivity index (χ3v) is 14.9. The molecule has 146 valence electrons. The Morgan fingerprint density at radius 2 is 1.12 bits per heavy atom. The van der Waals surface area contributed by atoms with Gasteiger partial charge in [-0.15, -0.1) is 0 Å². The lowest BCUT2D eigenvalue weighted by atomic mass is 10.2. The van der Waals surface area contributed by atoms with Gasteiger partial charge in [0.2, 0.25) is 0 Å². The lowest BCUT2D eigenvalue weighted by Gasteiger charge is -2.37. The van der Waals surface area contributed by atoms with Gasteiger partial charge in [-0.2, -0.15) is 0 Å². The van der Waals surface area contributed by atoms with Gasteiger partial charge in [0.15, 0.2) is 16.6 Å². The monoisotopic (exact) mass is 376 g/mol. The molecule has 3 nitrogen and oxygen atoms in total. The molecule has 0 saturated heterocycles. The highest BCUT2D eigenvalue weighted by atomic mass is 28.4. The van der Waals surface area contributed by atoms with E-state index in [4.69, 9.17) is 13.6 Å². The molecular formula is C19H44O3Si2. The average Bonchev–Trinajstić information content (AvgIpc) is 2.38. The molecule has 0 aliphatic rings. The second-order valence-corrected chi connectivity index (χ2v) is 19.5. The van der Waals surface area contributed by atoms with Crippen molar-refractivity contribution in [2.24, 2.45) is 0 Å². The zero-order valence-electron chi connectivity index (χ0n) is 18.3. The average molecular weight is 377 g/mol. The van der Waals surface area contributed by atoms with Crippen LogP contribution in [0, 0.1) is 0 Å². The van der Waals surface area contributed by atoms with Gasteiger partial charge in [0, 0.05) is 6.61 Å². The van der Waals surface area contributed by atoms with E-state index in [2.05, 4.69) is 74.7 Å². The topological polar surface area (TPSA) is 27.7 Å². The molecule has 0 radical (unpaired) electrons. The van der Waals surface area contributed by atoms with Gasteiger partial charge in [-0.1, -0.05) is 48.5 Å². The summed E-state index contributed by atoms with van der Waals surface area (Å²) in [5.41, 5.74) is 0. The Labute approximate surface area is 154 Å². The predicted molar refractivity (Wildman–Crippen MR) is 111 cm³/mol. The van der Waals surface area contributed by atoms with Gasteiger partial charge >= 0.3 is 0 Å². The van der Waals surface area contributed by atoms with Crippen LogP contribution in [0.5, 0.6) is 0 Å². The van der Waals surface area contributed by atoms with Crippen molar-refractivity contribution in [3.8, 4) is 0 Å². The summed E-state index contributed by atoms with van der Waals surface area (Å²) < 4.78 is 18.5. The minimum atomic E-state index is -1.66. The first-order valence-corrected chi connectivity index (χ1v) is 15.4. The standard InChI is InChI=1S/C19H44O3Si2/c1-12-17(13-14-21-23(8,9)18(2,3)4)20-15-16-22-24(10,11)19(5,6)7/h17H,12-16H2,1-11H3/t17-/m1/s1. The van der Waals surface area contributed by atoms with Crippen LogP contribution in [0.4, 0.5) is 0 Å². The van der Waals surface area contributed by atoms with E-state index in [1.807, 2.05) is 0 Å². The van der Waals surface area contributed by atoms with Crippen molar-refractivity contribution in [1.29, 1.82) is 0 Å². The van der Waals surface area contributed by atoms with Crippen molar-refractivity contribution >= 4 is 16.6 Å². The molecule has 0 spiro atoms. The number of rotatable bonds is 10. The summed E-state index contributed by atoms with van der Waals surface area (Å²) in [6.45, 7) is 27.2. The van der Waals surface area contributed by atoms with Gasteiger partial charge in [0.05, 0.1) is 19.3 Å². The molecule has 0 aromatic heterocycles. The molecule has 0 saturated carbocycles. The first-order valence-electron chi connectivity index (χ1n) is 9.53. The van der Waals surface area contributed by atoms with Crippen LogP contribution < -0.4 is 0 Å². The normalized spacial score (nSPS) is 15.6. The lowest BCUT2D eigenvalue weighted by Crippen LogP contribution is -2.42. The van der Waals surface area contributed by atoms with Crippen LogP contribution in [-0.2, 0) is 13.6 Å². The number of hydrogen-bond acceptors (Lipinski definition) is 3. The van der Waals surface area contributed by atoms with Gasteiger partial charge in [0.1, 0.15) is 0 Å². The van der Waals surface area contributed by atoms with E-state index in [1.165, 1.54) is 0 Å². The molecule has 0 N–H and O–H groups in total. The predicted octanol–water partition coefficient (Wildman–Crippen LogP) is 6.22. The molecule has 0 aliphatic heterocycles. The molecule has 0 unspecified atom stereocenters. The third-order valence-electron chi connectivity index (χ3n) is 5.87. The van der Waals surface area contributed by atoms with Crippen LogP contribution >= 0.6 is 0 Å². The van der Waals surface area contributed by atoms with Crippen LogP contribution in [0.15, 0.2) is 0 Å². The van der Waals surface area contributed by atoms with Crippen molar-refractivity contribution in [2.75, 3.05) is 19.8 Å². The highest BCUT2D eigenvalue weighted by molar-refractivity contribution is 6.74. The quantitative estimate of drug-likeness (QED) is 0.335. The minimum absolute atomic E-state index is 0.258. The van der Waals surface area contributed by atoms with Crippen molar-refractivity contribution in [2.45, 2.75) is 104 Å². The molecule has 0 bridgehead atoms. The molecule has 0 aromatic rings. The van der Waals surface area contributed by atoms with Crippen molar-refractivity contribution in [1.82, 2.24) is 0 Å². The second kappa shape index (κ2) is 9.31. The van der Waals surface area contributed by atoms with E-state index in [1.54, 1.807) is 0 Å². The summed E-state index contributed by atoms with van der Waals surface area (Å²) >= 11 is 0. The Morgan fingerprint density at radius 3 is 1.50 bits per heavy atom. The van der Waals surface area contributed by atoms with E-state index in [-0.39, 0.29) is 16.2 Å². The Balaban J connectivity index is 4.14. The summed E-state index contributed by atoms with van der Waals surface area (Å²) in [7, 11) is -3.30. The van der Waals surface area contributed by atoms with Crippen LogP contribution in [0.3, 0.4) is 0 Å². The van der Waals surface area contributed by atoms with E-state index < -0.39 is 16.6 Å².